The smallest absolute Gasteiger partial charge is 0.220 e. The van der Waals surface area contributed by atoms with Crippen LogP contribution in [0.15, 0.2) is 0 Å². The van der Waals surface area contributed by atoms with Gasteiger partial charge in [-0.25, -0.2) is 0 Å². The SMILES string of the molecule is CCCCCCCCCC(=O)NCCOCCNC(=O)CCCCCCCCC. The van der Waals surface area contributed by atoms with Gasteiger partial charge in [0.25, 0.3) is 0 Å². The first-order valence-corrected chi connectivity index (χ1v) is 12.3. The Balaban J connectivity index is 3.27. The maximum absolute atomic E-state index is 11.7. The molecule has 0 fully saturated rings. The van der Waals surface area contributed by atoms with E-state index in [0.29, 0.717) is 39.1 Å². The van der Waals surface area contributed by atoms with E-state index in [1.54, 1.807) is 0 Å². The number of carbonyl (C=O) groups is 2. The van der Waals surface area contributed by atoms with Crippen LogP contribution in [0.4, 0.5) is 0 Å². The second-order valence-corrected chi connectivity index (χ2v) is 8.05. The number of hydrogen-bond donors (Lipinski definition) is 2. The second kappa shape index (κ2) is 23.2. The minimum atomic E-state index is 0.116. The van der Waals surface area contributed by atoms with Crippen LogP contribution < -0.4 is 10.6 Å². The zero-order valence-electron chi connectivity index (χ0n) is 19.4. The lowest BCUT2D eigenvalue weighted by Gasteiger charge is -2.08. The van der Waals surface area contributed by atoms with Crippen LogP contribution in [0.25, 0.3) is 0 Å². The molecule has 0 atom stereocenters. The maximum atomic E-state index is 11.7. The maximum Gasteiger partial charge on any atom is 0.220 e. The van der Waals surface area contributed by atoms with Gasteiger partial charge in [-0.2, -0.15) is 0 Å². The van der Waals surface area contributed by atoms with Crippen LogP contribution in [0.5, 0.6) is 0 Å². The molecule has 2 N–H and O–H groups in total. The third-order valence-electron chi connectivity index (χ3n) is 5.15. The third kappa shape index (κ3) is 23.0. The van der Waals surface area contributed by atoms with Gasteiger partial charge in [0.15, 0.2) is 0 Å². The number of ether oxygens (including phenoxy) is 1. The van der Waals surface area contributed by atoms with Crippen molar-refractivity contribution in [1.29, 1.82) is 0 Å². The largest absolute Gasteiger partial charge is 0.378 e. The van der Waals surface area contributed by atoms with E-state index in [4.69, 9.17) is 4.74 Å². The zero-order valence-corrected chi connectivity index (χ0v) is 19.4. The van der Waals surface area contributed by atoms with Crippen LogP contribution in [-0.2, 0) is 14.3 Å². The summed E-state index contributed by atoms with van der Waals surface area (Å²) in [5, 5.41) is 5.79. The summed E-state index contributed by atoms with van der Waals surface area (Å²) in [5.74, 6) is 0.232. The van der Waals surface area contributed by atoms with Gasteiger partial charge in [0.2, 0.25) is 11.8 Å². The van der Waals surface area contributed by atoms with Gasteiger partial charge in [-0.1, -0.05) is 90.9 Å². The molecule has 0 bridgehead atoms. The van der Waals surface area contributed by atoms with E-state index in [1.165, 1.54) is 64.2 Å². The van der Waals surface area contributed by atoms with Crippen LogP contribution in [0, 0.1) is 0 Å². The van der Waals surface area contributed by atoms with Gasteiger partial charge in [-0.3, -0.25) is 9.59 Å². The average molecular weight is 413 g/mol. The molecule has 0 heterocycles. The van der Waals surface area contributed by atoms with Crippen molar-refractivity contribution in [3.63, 3.8) is 0 Å². The lowest BCUT2D eigenvalue weighted by atomic mass is 10.1. The molecule has 5 heteroatoms. The molecular formula is C24H48N2O3. The number of rotatable bonds is 22. The number of nitrogens with one attached hydrogen (secondary N) is 2. The predicted molar refractivity (Wildman–Crippen MR) is 122 cm³/mol. The van der Waals surface area contributed by atoms with E-state index in [0.717, 1.165) is 25.7 Å². The topological polar surface area (TPSA) is 67.4 Å². The second-order valence-electron chi connectivity index (χ2n) is 8.05. The molecule has 5 nitrogen and oxygen atoms in total. The van der Waals surface area contributed by atoms with Gasteiger partial charge in [0, 0.05) is 25.9 Å². The lowest BCUT2D eigenvalue weighted by molar-refractivity contribution is -0.121. The van der Waals surface area contributed by atoms with Crippen molar-refractivity contribution in [1.82, 2.24) is 10.6 Å². The van der Waals surface area contributed by atoms with Crippen molar-refractivity contribution in [2.45, 2.75) is 117 Å². The standard InChI is InChI=1S/C24H48N2O3/c1-3-5-7-9-11-13-15-17-23(27)25-19-21-29-22-20-26-24(28)18-16-14-12-10-8-6-4-2/h3-22H2,1-2H3,(H,25,27)(H,26,28). The summed E-state index contributed by atoms with van der Waals surface area (Å²) in [7, 11) is 0. The summed E-state index contributed by atoms with van der Waals surface area (Å²) in [6.45, 7) is 6.53. The number of hydrogen-bond acceptors (Lipinski definition) is 3. The first kappa shape index (κ1) is 27.9. The van der Waals surface area contributed by atoms with Crippen LogP contribution in [0.3, 0.4) is 0 Å². The highest BCUT2D eigenvalue weighted by atomic mass is 16.5. The van der Waals surface area contributed by atoms with Crippen molar-refractivity contribution in [2.24, 2.45) is 0 Å². The minimum Gasteiger partial charge on any atom is -0.378 e. The van der Waals surface area contributed by atoms with E-state index >= 15 is 0 Å². The van der Waals surface area contributed by atoms with Crippen LogP contribution in [-0.4, -0.2) is 38.1 Å². The minimum absolute atomic E-state index is 0.116. The summed E-state index contributed by atoms with van der Waals surface area (Å²) in [6, 6.07) is 0. The number of carbonyl (C=O) groups excluding carboxylic acids is 2. The molecule has 29 heavy (non-hydrogen) atoms. The quantitative estimate of drug-likeness (QED) is 0.230. The Bertz CT molecular complexity index is 341. The summed E-state index contributed by atoms with van der Waals surface area (Å²) in [6.07, 6.45) is 18.4. The summed E-state index contributed by atoms with van der Waals surface area (Å²) in [5.41, 5.74) is 0. The monoisotopic (exact) mass is 412 g/mol. The molecule has 0 saturated heterocycles. The molecule has 0 radical (unpaired) electrons. The zero-order chi connectivity index (χ0) is 21.4. The molecule has 0 aliphatic heterocycles. The van der Waals surface area contributed by atoms with Gasteiger partial charge in [-0.05, 0) is 12.8 Å². The Morgan fingerprint density at radius 2 is 0.897 bits per heavy atom. The molecule has 0 aliphatic rings. The summed E-state index contributed by atoms with van der Waals surface area (Å²) in [4.78, 5) is 23.5. The van der Waals surface area contributed by atoms with Gasteiger partial charge in [0.05, 0.1) is 13.2 Å². The Labute approximate surface area is 180 Å². The first-order chi connectivity index (χ1) is 14.2. The first-order valence-electron chi connectivity index (χ1n) is 12.3. The van der Waals surface area contributed by atoms with E-state index in [-0.39, 0.29) is 11.8 Å². The number of amides is 2. The van der Waals surface area contributed by atoms with E-state index in [9.17, 15) is 9.59 Å². The molecule has 0 unspecified atom stereocenters. The van der Waals surface area contributed by atoms with Crippen molar-refractivity contribution in [3.8, 4) is 0 Å². The van der Waals surface area contributed by atoms with Gasteiger partial charge in [0.1, 0.15) is 0 Å². The van der Waals surface area contributed by atoms with Gasteiger partial charge >= 0.3 is 0 Å². The van der Waals surface area contributed by atoms with Crippen molar-refractivity contribution in [3.05, 3.63) is 0 Å². The Kier molecular flexibility index (Phi) is 22.3. The molecular weight excluding hydrogens is 364 g/mol. The highest BCUT2D eigenvalue weighted by Crippen LogP contribution is 2.09. The summed E-state index contributed by atoms with van der Waals surface area (Å²) < 4.78 is 5.47. The lowest BCUT2D eigenvalue weighted by Crippen LogP contribution is -2.30. The molecule has 0 rings (SSSR count). The highest BCUT2D eigenvalue weighted by molar-refractivity contribution is 5.76. The normalized spacial score (nSPS) is 10.8. The predicted octanol–water partition coefficient (Wildman–Crippen LogP) is 5.52. The Hall–Kier alpha value is -1.10. The molecule has 0 aromatic carbocycles. The average Bonchev–Trinajstić information content (AvgIpc) is 2.71. The highest BCUT2D eigenvalue weighted by Gasteiger charge is 2.02. The third-order valence-corrected chi connectivity index (χ3v) is 5.15. The van der Waals surface area contributed by atoms with Crippen LogP contribution in [0.1, 0.15) is 117 Å². The number of unbranched alkanes of at least 4 members (excludes halogenated alkanes) is 12. The van der Waals surface area contributed by atoms with Crippen LogP contribution in [0.2, 0.25) is 0 Å². The van der Waals surface area contributed by atoms with Gasteiger partial charge < -0.3 is 15.4 Å². The fourth-order valence-corrected chi connectivity index (χ4v) is 3.29. The fraction of sp³-hybridized carbons (Fsp3) is 0.917. The van der Waals surface area contributed by atoms with Gasteiger partial charge in [-0.15, -0.1) is 0 Å². The molecule has 0 aromatic rings. The van der Waals surface area contributed by atoms with Crippen molar-refractivity contribution in [2.75, 3.05) is 26.3 Å². The molecule has 0 aromatic heterocycles. The van der Waals surface area contributed by atoms with E-state index in [1.807, 2.05) is 0 Å². The molecule has 0 spiro atoms. The Morgan fingerprint density at radius 1 is 0.552 bits per heavy atom. The molecule has 0 aliphatic carbocycles. The molecule has 172 valence electrons. The van der Waals surface area contributed by atoms with Crippen LogP contribution >= 0.6 is 0 Å². The molecule has 2 amide bonds. The van der Waals surface area contributed by atoms with E-state index < -0.39 is 0 Å². The fourth-order valence-electron chi connectivity index (χ4n) is 3.29. The van der Waals surface area contributed by atoms with E-state index in [2.05, 4.69) is 24.5 Å². The van der Waals surface area contributed by atoms with Crippen molar-refractivity contribution < 1.29 is 14.3 Å². The summed E-state index contributed by atoms with van der Waals surface area (Å²) >= 11 is 0. The Morgan fingerprint density at radius 3 is 1.28 bits per heavy atom. The van der Waals surface area contributed by atoms with Crippen molar-refractivity contribution >= 4 is 11.8 Å². The molecule has 0 saturated carbocycles.